The monoisotopic (exact) mass is 291 g/mol. The van der Waals surface area contributed by atoms with Crippen LogP contribution in [0.2, 0.25) is 0 Å². The fraction of sp³-hybridized carbons (Fsp3) is 0.333. The summed E-state index contributed by atoms with van der Waals surface area (Å²) in [5.74, 6) is -2.34. The van der Waals surface area contributed by atoms with Crippen molar-refractivity contribution in [3.05, 3.63) is 35.4 Å². The number of carbonyl (C=O) groups excluding carboxylic acids is 1. The van der Waals surface area contributed by atoms with E-state index < -0.39 is 41.8 Å². The number of hydrogen-bond acceptors (Lipinski definition) is 3. The first kappa shape index (κ1) is 16.0. The smallest absolute Gasteiger partial charge is 0.417 e. The lowest BCUT2D eigenvalue weighted by atomic mass is 10.1. The number of amides is 1. The molecule has 0 heterocycles. The first-order valence-electron chi connectivity index (χ1n) is 5.47. The van der Waals surface area contributed by atoms with Gasteiger partial charge in [0.25, 0.3) is 5.91 Å². The quantitative estimate of drug-likeness (QED) is 0.862. The van der Waals surface area contributed by atoms with Gasteiger partial charge in [-0.1, -0.05) is 12.1 Å². The van der Waals surface area contributed by atoms with Crippen molar-refractivity contribution in [3.63, 3.8) is 0 Å². The number of alkyl halides is 3. The number of aliphatic carboxylic acids is 1. The Hall–Kier alpha value is -2.09. The number of hydrogen-bond donors (Lipinski definition) is 2. The molecule has 0 aliphatic carbocycles. The fourth-order valence-corrected chi connectivity index (χ4v) is 1.48. The Morgan fingerprint density at radius 3 is 2.45 bits per heavy atom. The molecule has 0 aromatic heterocycles. The molecule has 8 heteroatoms. The highest BCUT2D eigenvalue weighted by molar-refractivity contribution is 5.96. The first-order valence-corrected chi connectivity index (χ1v) is 5.47. The van der Waals surface area contributed by atoms with Crippen molar-refractivity contribution in [2.24, 2.45) is 0 Å². The fourth-order valence-electron chi connectivity index (χ4n) is 1.48. The molecule has 0 fully saturated rings. The van der Waals surface area contributed by atoms with E-state index in [0.717, 1.165) is 25.3 Å². The first-order chi connectivity index (χ1) is 9.27. The number of ether oxygens (including phenoxy) is 1. The van der Waals surface area contributed by atoms with Crippen LogP contribution in [0.1, 0.15) is 15.9 Å². The van der Waals surface area contributed by atoms with Crippen LogP contribution in [0, 0.1) is 0 Å². The maximum Gasteiger partial charge on any atom is 0.417 e. The number of carboxylic acids is 1. The van der Waals surface area contributed by atoms with Gasteiger partial charge in [-0.3, -0.25) is 4.79 Å². The van der Waals surface area contributed by atoms with E-state index in [1.165, 1.54) is 6.07 Å². The van der Waals surface area contributed by atoms with E-state index in [1.807, 2.05) is 0 Å². The van der Waals surface area contributed by atoms with Gasteiger partial charge in [0.2, 0.25) is 0 Å². The van der Waals surface area contributed by atoms with Crippen molar-refractivity contribution in [1.29, 1.82) is 0 Å². The third-order valence-electron chi connectivity index (χ3n) is 2.49. The average molecular weight is 291 g/mol. The molecule has 1 amide bonds. The lowest BCUT2D eigenvalue weighted by Crippen LogP contribution is -2.38. The van der Waals surface area contributed by atoms with Gasteiger partial charge in [0.1, 0.15) is 0 Å². The molecule has 20 heavy (non-hydrogen) atoms. The molecule has 1 aromatic carbocycles. The molecule has 0 saturated heterocycles. The van der Waals surface area contributed by atoms with Crippen LogP contribution < -0.4 is 5.32 Å². The second kappa shape index (κ2) is 6.38. The summed E-state index contributed by atoms with van der Waals surface area (Å²) in [6.07, 6.45) is -5.99. The van der Waals surface area contributed by atoms with Gasteiger partial charge in [-0.2, -0.15) is 13.2 Å². The maximum atomic E-state index is 12.7. The summed E-state index contributed by atoms with van der Waals surface area (Å²) >= 11 is 0. The van der Waals surface area contributed by atoms with Crippen LogP contribution >= 0.6 is 0 Å². The highest BCUT2D eigenvalue weighted by Crippen LogP contribution is 2.31. The van der Waals surface area contributed by atoms with E-state index in [1.54, 1.807) is 0 Å². The zero-order chi connectivity index (χ0) is 15.3. The Morgan fingerprint density at radius 1 is 1.35 bits per heavy atom. The largest absolute Gasteiger partial charge is 0.479 e. The molecule has 0 radical (unpaired) electrons. The minimum absolute atomic E-state index is 0.434. The van der Waals surface area contributed by atoms with Crippen LogP contribution in [0.25, 0.3) is 0 Å². The second-order valence-corrected chi connectivity index (χ2v) is 3.82. The summed E-state index contributed by atoms with van der Waals surface area (Å²) in [7, 11) is 1.12. The van der Waals surface area contributed by atoms with Crippen molar-refractivity contribution in [3.8, 4) is 0 Å². The maximum absolute atomic E-state index is 12.7. The molecule has 1 rings (SSSR count). The van der Waals surface area contributed by atoms with Gasteiger partial charge in [0, 0.05) is 7.11 Å². The Kier molecular flexibility index (Phi) is 5.09. The molecule has 0 aliphatic rings. The number of rotatable bonds is 5. The number of carbonyl (C=O) groups is 2. The Bertz CT molecular complexity index is 502. The zero-order valence-corrected chi connectivity index (χ0v) is 10.4. The molecule has 5 nitrogen and oxygen atoms in total. The Balaban J connectivity index is 2.86. The van der Waals surface area contributed by atoms with Gasteiger partial charge in [-0.15, -0.1) is 0 Å². The predicted octanol–water partition coefficient (Wildman–Crippen LogP) is 1.53. The van der Waals surface area contributed by atoms with Gasteiger partial charge in [-0.05, 0) is 12.1 Å². The normalized spacial score (nSPS) is 12.8. The summed E-state index contributed by atoms with van der Waals surface area (Å²) < 4.78 is 42.7. The molecule has 0 spiro atoms. The lowest BCUT2D eigenvalue weighted by molar-refractivity contribution is -0.148. The van der Waals surface area contributed by atoms with Crippen molar-refractivity contribution in [2.45, 2.75) is 12.3 Å². The minimum atomic E-state index is -4.67. The molecule has 2 N–H and O–H groups in total. The third kappa shape index (κ3) is 3.95. The summed E-state index contributed by atoms with van der Waals surface area (Å²) in [4.78, 5) is 22.3. The lowest BCUT2D eigenvalue weighted by Gasteiger charge is -2.14. The Morgan fingerprint density at radius 2 is 1.95 bits per heavy atom. The van der Waals surface area contributed by atoms with Crippen LogP contribution in [0.5, 0.6) is 0 Å². The van der Waals surface area contributed by atoms with Crippen molar-refractivity contribution in [1.82, 2.24) is 5.32 Å². The molecule has 0 aliphatic heterocycles. The number of nitrogens with one attached hydrogen (secondary N) is 1. The van der Waals surface area contributed by atoms with E-state index in [4.69, 9.17) is 5.11 Å². The molecule has 0 bridgehead atoms. The predicted molar refractivity (Wildman–Crippen MR) is 62.2 cm³/mol. The van der Waals surface area contributed by atoms with Gasteiger partial charge in [-0.25, -0.2) is 4.79 Å². The number of benzene rings is 1. The highest BCUT2D eigenvalue weighted by atomic mass is 19.4. The van der Waals surface area contributed by atoms with Crippen LogP contribution in [0.4, 0.5) is 13.2 Å². The van der Waals surface area contributed by atoms with Crippen molar-refractivity contribution >= 4 is 11.9 Å². The van der Waals surface area contributed by atoms with Gasteiger partial charge in [0.05, 0.1) is 17.7 Å². The molecule has 1 unspecified atom stereocenters. The van der Waals surface area contributed by atoms with Crippen LogP contribution in [-0.2, 0) is 15.7 Å². The zero-order valence-electron chi connectivity index (χ0n) is 10.4. The molecule has 110 valence electrons. The number of methoxy groups -OCH3 is 1. The van der Waals surface area contributed by atoms with E-state index in [0.29, 0.717) is 0 Å². The summed E-state index contributed by atoms with van der Waals surface area (Å²) in [6.45, 7) is -0.434. The summed E-state index contributed by atoms with van der Waals surface area (Å²) in [5.41, 5.74) is -1.65. The van der Waals surface area contributed by atoms with Crippen LogP contribution in [0.3, 0.4) is 0 Å². The van der Waals surface area contributed by atoms with Crippen LogP contribution in [-0.4, -0.2) is 36.7 Å². The van der Waals surface area contributed by atoms with E-state index in [9.17, 15) is 22.8 Å². The number of carboxylic acid groups (broad SMARTS) is 1. The van der Waals surface area contributed by atoms with Gasteiger partial charge < -0.3 is 15.2 Å². The Labute approximate surface area is 112 Å². The van der Waals surface area contributed by atoms with Gasteiger partial charge >= 0.3 is 12.1 Å². The summed E-state index contributed by atoms with van der Waals surface area (Å²) in [6, 6.07) is 4.24. The molecule has 1 aromatic rings. The topological polar surface area (TPSA) is 75.6 Å². The molecule has 0 saturated carbocycles. The third-order valence-corrected chi connectivity index (χ3v) is 2.49. The summed E-state index contributed by atoms with van der Waals surface area (Å²) in [5, 5.41) is 10.8. The standard InChI is InChI=1S/C12H12F3NO4/c1-20-9(11(18)19)6-16-10(17)7-4-2-3-5-8(7)12(13,14)15/h2-5,9H,6H2,1H3,(H,16,17)(H,18,19). The second-order valence-electron chi connectivity index (χ2n) is 3.82. The molecule has 1 atom stereocenters. The SMILES string of the molecule is COC(CNC(=O)c1ccccc1C(F)(F)F)C(=O)O. The minimum Gasteiger partial charge on any atom is -0.479 e. The van der Waals surface area contributed by atoms with Crippen LogP contribution in [0.15, 0.2) is 24.3 Å². The van der Waals surface area contributed by atoms with Crippen molar-refractivity contribution < 1.29 is 32.6 Å². The van der Waals surface area contributed by atoms with Crippen molar-refractivity contribution in [2.75, 3.05) is 13.7 Å². The van der Waals surface area contributed by atoms with Gasteiger partial charge in [0.15, 0.2) is 6.10 Å². The highest BCUT2D eigenvalue weighted by Gasteiger charge is 2.34. The number of halogens is 3. The van der Waals surface area contributed by atoms with E-state index >= 15 is 0 Å². The molecular weight excluding hydrogens is 279 g/mol. The van der Waals surface area contributed by atoms with E-state index in [2.05, 4.69) is 10.1 Å². The molecular formula is C12H12F3NO4. The average Bonchev–Trinajstić information content (AvgIpc) is 2.37. The van der Waals surface area contributed by atoms with E-state index in [-0.39, 0.29) is 0 Å².